The van der Waals surface area contributed by atoms with Gasteiger partial charge in [0.05, 0.1) is 27.4 Å². The van der Waals surface area contributed by atoms with E-state index in [0.29, 0.717) is 17.2 Å². The summed E-state index contributed by atoms with van der Waals surface area (Å²) in [5.74, 6) is 1.45. The minimum Gasteiger partial charge on any atom is -0.504 e. The van der Waals surface area contributed by atoms with Crippen LogP contribution in [0.2, 0.25) is 0 Å². The number of methoxy groups -OCH3 is 3. The fourth-order valence-corrected chi connectivity index (χ4v) is 3.21. The van der Waals surface area contributed by atoms with E-state index in [-0.39, 0.29) is 17.5 Å². The maximum atomic E-state index is 9.90. The monoisotopic (exact) mass is 331 g/mol. The van der Waals surface area contributed by atoms with E-state index in [9.17, 15) is 10.2 Å². The molecule has 24 heavy (non-hydrogen) atoms. The minimum atomic E-state index is -0.185. The van der Waals surface area contributed by atoms with Gasteiger partial charge in [-0.15, -0.1) is 0 Å². The summed E-state index contributed by atoms with van der Waals surface area (Å²) in [5.41, 5.74) is 2.77. The lowest BCUT2D eigenvalue weighted by atomic mass is 9.88. The van der Waals surface area contributed by atoms with E-state index in [0.717, 1.165) is 29.7 Å². The SMILES string of the molecule is COc1ccc(C2NCCc3cc(O)c(O)cc32)c(OC)c1OC. The Labute approximate surface area is 140 Å². The minimum absolute atomic E-state index is 0.103. The number of rotatable bonds is 4. The Hall–Kier alpha value is -2.60. The third-order valence-corrected chi connectivity index (χ3v) is 4.34. The summed E-state index contributed by atoms with van der Waals surface area (Å²) in [6, 6.07) is 6.77. The number of hydrogen-bond donors (Lipinski definition) is 3. The van der Waals surface area contributed by atoms with Crippen LogP contribution >= 0.6 is 0 Å². The summed E-state index contributed by atoms with van der Waals surface area (Å²) in [6.45, 7) is 0.749. The average Bonchev–Trinajstić information content (AvgIpc) is 2.60. The first-order valence-electron chi connectivity index (χ1n) is 7.67. The predicted octanol–water partition coefficient (Wildman–Crippen LogP) is 2.36. The molecule has 6 nitrogen and oxygen atoms in total. The molecule has 0 radical (unpaired) electrons. The van der Waals surface area contributed by atoms with Crippen molar-refractivity contribution in [1.82, 2.24) is 5.32 Å². The Morgan fingerprint density at radius 1 is 0.917 bits per heavy atom. The molecule has 3 rings (SSSR count). The van der Waals surface area contributed by atoms with E-state index >= 15 is 0 Å². The van der Waals surface area contributed by atoms with Crippen LogP contribution in [0.5, 0.6) is 28.7 Å². The number of benzene rings is 2. The lowest BCUT2D eigenvalue weighted by molar-refractivity contribution is 0.320. The molecule has 0 saturated heterocycles. The first-order chi connectivity index (χ1) is 11.6. The molecule has 0 bridgehead atoms. The quantitative estimate of drug-likeness (QED) is 0.747. The molecule has 128 valence electrons. The van der Waals surface area contributed by atoms with Gasteiger partial charge in [0.2, 0.25) is 5.75 Å². The van der Waals surface area contributed by atoms with Crippen molar-refractivity contribution in [2.24, 2.45) is 0 Å². The Balaban J connectivity index is 2.16. The van der Waals surface area contributed by atoms with Crippen LogP contribution in [0, 0.1) is 0 Å². The molecule has 2 aromatic carbocycles. The lowest BCUT2D eigenvalue weighted by Crippen LogP contribution is -2.30. The van der Waals surface area contributed by atoms with Crippen LogP contribution in [0.4, 0.5) is 0 Å². The zero-order valence-corrected chi connectivity index (χ0v) is 13.9. The Bertz CT molecular complexity index is 760. The fraction of sp³-hybridized carbons (Fsp3) is 0.333. The Kier molecular flexibility index (Phi) is 4.40. The summed E-state index contributed by atoms with van der Waals surface area (Å²) in [6.07, 6.45) is 0.773. The number of hydrogen-bond acceptors (Lipinski definition) is 6. The molecule has 1 heterocycles. The molecule has 1 aliphatic heterocycles. The number of ether oxygens (including phenoxy) is 3. The van der Waals surface area contributed by atoms with Crippen LogP contribution in [0.15, 0.2) is 24.3 Å². The number of aromatic hydroxyl groups is 2. The lowest BCUT2D eigenvalue weighted by Gasteiger charge is -2.29. The molecule has 0 fully saturated rings. The Morgan fingerprint density at radius 2 is 1.62 bits per heavy atom. The largest absolute Gasteiger partial charge is 0.504 e. The second kappa shape index (κ2) is 6.49. The maximum absolute atomic E-state index is 9.90. The van der Waals surface area contributed by atoms with Gasteiger partial charge in [0.25, 0.3) is 0 Å². The van der Waals surface area contributed by atoms with Crippen molar-refractivity contribution in [2.45, 2.75) is 12.5 Å². The number of phenols is 2. The summed E-state index contributed by atoms with van der Waals surface area (Å²) in [4.78, 5) is 0. The van der Waals surface area contributed by atoms with Crippen molar-refractivity contribution in [3.05, 3.63) is 41.0 Å². The highest BCUT2D eigenvalue weighted by Crippen LogP contribution is 2.45. The van der Waals surface area contributed by atoms with Crippen molar-refractivity contribution in [1.29, 1.82) is 0 Å². The van der Waals surface area contributed by atoms with E-state index in [1.54, 1.807) is 33.5 Å². The third-order valence-electron chi connectivity index (χ3n) is 4.34. The van der Waals surface area contributed by atoms with Gasteiger partial charge in [-0.2, -0.15) is 0 Å². The molecule has 1 unspecified atom stereocenters. The number of nitrogens with one attached hydrogen (secondary N) is 1. The van der Waals surface area contributed by atoms with E-state index in [1.165, 1.54) is 0 Å². The highest BCUT2D eigenvalue weighted by atomic mass is 16.5. The van der Waals surface area contributed by atoms with Crippen LogP contribution in [-0.2, 0) is 6.42 Å². The maximum Gasteiger partial charge on any atom is 0.203 e. The highest BCUT2D eigenvalue weighted by molar-refractivity contribution is 5.60. The molecule has 0 saturated carbocycles. The summed E-state index contributed by atoms with van der Waals surface area (Å²) in [5, 5.41) is 23.1. The van der Waals surface area contributed by atoms with Crippen molar-refractivity contribution in [3.63, 3.8) is 0 Å². The molecule has 0 amide bonds. The molecule has 6 heteroatoms. The van der Waals surface area contributed by atoms with Crippen molar-refractivity contribution in [3.8, 4) is 28.7 Å². The van der Waals surface area contributed by atoms with Crippen molar-refractivity contribution >= 4 is 0 Å². The molecule has 0 aromatic heterocycles. The summed E-state index contributed by atoms with van der Waals surface area (Å²) in [7, 11) is 4.72. The zero-order valence-electron chi connectivity index (χ0n) is 13.9. The predicted molar refractivity (Wildman–Crippen MR) is 89.4 cm³/mol. The van der Waals surface area contributed by atoms with Crippen molar-refractivity contribution < 1.29 is 24.4 Å². The summed E-state index contributed by atoms with van der Waals surface area (Å²) >= 11 is 0. The van der Waals surface area contributed by atoms with Gasteiger partial charge in [-0.1, -0.05) is 0 Å². The molecule has 2 aromatic rings. The second-order valence-corrected chi connectivity index (χ2v) is 5.60. The molecule has 0 aliphatic carbocycles. The van der Waals surface area contributed by atoms with Crippen LogP contribution in [0.25, 0.3) is 0 Å². The van der Waals surface area contributed by atoms with E-state index in [4.69, 9.17) is 14.2 Å². The average molecular weight is 331 g/mol. The van der Waals surface area contributed by atoms with Crippen LogP contribution < -0.4 is 19.5 Å². The standard InChI is InChI=1S/C18H21NO5/c1-22-15-5-4-11(17(23-2)18(15)24-3)16-12-9-14(21)13(20)8-10(12)6-7-19-16/h4-5,8-9,16,19-21H,6-7H2,1-3H3. The molecular formula is C18H21NO5. The van der Waals surface area contributed by atoms with Crippen LogP contribution in [-0.4, -0.2) is 38.1 Å². The summed E-state index contributed by atoms with van der Waals surface area (Å²) < 4.78 is 16.4. The van der Waals surface area contributed by atoms with Gasteiger partial charge >= 0.3 is 0 Å². The topological polar surface area (TPSA) is 80.2 Å². The highest BCUT2D eigenvalue weighted by Gasteiger charge is 2.28. The van der Waals surface area contributed by atoms with Gasteiger partial charge in [0.1, 0.15) is 0 Å². The fourth-order valence-electron chi connectivity index (χ4n) is 3.21. The number of fused-ring (bicyclic) bond motifs is 1. The van der Waals surface area contributed by atoms with Gasteiger partial charge < -0.3 is 29.7 Å². The number of phenolic OH excluding ortho intramolecular Hbond substituents is 2. The van der Waals surface area contributed by atoms with Crippen LogP contribution in [0.3, 0.4) is 0 Å². The normalized spacial score (nSPS) is 16.4. The zero-order chi connectivity index (χ0) is 17.3. The van der Waals surface area contributed by atoms with E-state index < -0.39 is 0 Å². The second-order valence-electron chi connectivity index (χ2n) is 5.60. The molecule has 1 aliphatic rings. The molecule has 3 N–H and O–H groups in total. The van der Waals surface area contributed by atoms with Gasteiger partial charge in [0, 0.05) is 12.1 Å². The van der Waals surface area contributed by atoms with Gasteiger partial charge in [-0.3, -0.25) is 0 Å². The van der Waals surface area contributed by atoms with Gasteiger partial charge in [-0.25, -0.2) is 0 Å². The molecule has 0 spiro atoms. The molecule has 1 atom stereocenters. The Morgan fingerprint density at radius 3 is 2.29 bits per heavy atom. The smallest absolute Gasteiger partial charge is 0.203 e. The first-order valence-corrected chi connectivity index (χ1v) is 7.67. The van der Waals surface area contributed by atoms with Gasteiger partial charge in [0.15, 0.2) is 23.0 Å². The van der Waals surface area contributed by atoms with E-state index in [1.807, 2.05) is 12.1 Å². The third kappa shape index (κ3) is 2.59. The first kappa shape index (κ1) is 16.3. The van der Waals surface area contributed by atoms with E-state index in [2.05, 4.69) is 5.32 Å². The van der Waals surface area contributed by atoms with Crippen LogP contribution in [0.1, 0.15) is 22.7 Å². The molecular weight excluding hydrogens is 310 g/mol. The van der Waals surface area contributed by atoms with Gasteiger partial charge in [-0.05, 0) is 41.8 Å². The van der Waals surface area contributed by atoms with Crippen molar-refractivity contribution in [2.75, 3.05) is 27.9 Å².